The number of benzene rings is 5. The minimum atomic E-state index is -1.74. The summed E-state index contributed by atoms with van der Waals surface area (Å²) in [5.41, 5.74) is 13.7. The highest BCUT2D eigenvalue weighted by Crippen LogP contribution is 2.34. The van der Waals surface area contributed by atoms with Gasteiger partial charge in [0.2, 0.25) is 5.79 Å². The highest BCUT2D eigenvalue weighted by Gasteiger charge is 2.47. The number of azide groups is 1. The number of aliphatic hydroxyl groups is 2. The van der Waals surface area contributed by atoms with E-state index in [1.807, 2.05) is 159 Å². The van der Waals surface area contributed by atoms with Crippen LogP contribution in [0, 0.1) is 5.92 Å². The molecule has 7 rings (SSSR count). The molecular formula is C56H67N3O12S. The first-order valence-corrected chi connectivity index (χ1v) is 24.9. The molecule has 2 heterocycles. The van der Waals surface area contributed by atoms with Crippen molar-refractivity contribution in [1.29, 1.82) is 0 Å². The lowest BCUT2D eigenvalue weighted by atomic mass is 9.94. The molecule has 5 unspecified atom stereocenters. The van der Waals surface area contributed by atoms with Crippen molar-refractivity contribution >= 4 is 12.6 Å². The molecule has 11 atom stereocenters. The van der Waals surface area contributed by atoms with Crippen molar-refractivity contribution in [2.45, 2.75) is 127 Å². The SMILES string of the molecule is CC[C@H](O[C@@H]1OC[C@@H](OCc2ccccc2)C(OCc2ccccc2)C1OCc1ccccc1)/C(=C\[C@@H](O)OC1C(OCc2ccccc2)[C@@H](N=[N+]=[N-])C(COCc2ccccc2)CO[C@H]1S)OC(C)(C)O. The molecule has 72 heavy (non-hydrogen) atoms. The monoisotopic (exact) mass is 1010 g/mol. The molecule has 0 spiro atoms. The van der Waals surface area contributed by atoms with E-state index in [0.29, 0.717) is 13.2 Å². The summed E-state index contributed by atoms with van der Waals surface area (Å²) in [4.78, 5) is 3.21. The van der Waals surface area contributed by atoms with E-state index in [0.717, 1.165) is 27.8 Å². The highest BCUT2D eigenvalue weighted by atomic mass is 32.1. The lowest BCUT2D eigenvalue weighted by Crippen LogP contribution is -2.57. The Labute approximate surface area is 427 Å². The molecular weight excluding hydrogens is 939 g/mol. The van der Waals surface area contributed by atoms with Crippen molar-refractivity contribution < 1.29 is 57.6 Å². The van der Waals surface area contributed by atoms with Crippen LogP contribution in [-0.2, 0) is 80.4 Å². The summed E-state index contributed by atoms with van der Waals surface area (Å²) in [5, 5.41) is 27.4. The fourth-order valence-electron chi connectivity index (χ4n) is 8.47. The van der Waals surface area contributed by atoms with E-state index in [9.17, 15) is 15.7 Å². The van der Waals surface area contributed by atoms with Crippen molar-refractivity contribution in [2.24, 2.45) is 11.0 Å². The minimum absolute atomic E-state index is 0.0397. The van der Waals surface area contributed by atoms with E-state index in [1.54, 1.807) is 0 Å². The van der Waals surface area contributed by atoms with Crippen LogP contribution < -0.4 is 0 Å². The van der Waals surface area contributed by atoms with E-state index in [-0.39, 0.29) is 51.8 Å². The van der Waals surface area contributed by atoms with Gasteiger partial charge in [-0.3, -0.25) is 0 Å². The summed E-state index contributed by atoms with van der Waals surface area (Å²) >= 11 is 4.81. The molecule has 0 aliphatic carbocycles. The standard InChI is InChI=1S/C56H67N3O12S/c1-4-45(69-54-52(66-35-43-28-18-9-19-29-43)50(64-33-41-24-14-7-15-25-41)47(38-67-54)63-32-40-22-12-6-13-23-40)46(71-56(2,3)61)30-48(60)70-53-51(65-34-42-26-16-8-17-27-42)49(58-59-57)44(37-68-55(53)72)36-62-31-39-20-10-5-11-21-39/h5-30,44-45,47-55,60-61,72H,4,31-38H2,1-3H3/b46-30+/t44?,45-,47+,48-,49-,50?,51?,52?,53?,54-,55-/m0/s1. The molecule has 2 aliphatic heterocycles. The lowest BCUT2D eigenvalue weighted by Gasteiger charge is -2.43. The quantitative estimate of drug-likeness (QED) is 0.0119. The molecule has 0 aromatic heterocycles. The maximum absolute atomic E-state index is 12.0. The van der Waals surface area contributed by atoms with Gasteiger partial charge in [-0.2, -0.15) is 0 Å². The van der Waals surface area contributed by atoms with Gasteiger partial charge >= 0.3 is 0 Å². The van der Waals surface area contributed by atoms with Crippen molar-refractivity contribution in [3.63, 3.8) is 0 Å². The van der Waals surface area contributed by atoms with E-state index in [4.69, 9.17) is 60.0 Å². The number of aliphatic hydroxyl groups excluding tert-OH is 1. The van der Waals surface area contributed by atoms with E-state index < -0.39 is 72.4 Å². The summed E-state index contributed by atoms with van der Waals surface area (Å²) in [6.07, 6.45) is -6.32. The van der Waals surface area contributed by atoms with Gasteiger partial charge in [0.15, 0.2) is 12.6 Å². The van der Waals surface area contributed by atoms with Gasteiger partial charge in [-0.1, -0.05) is 164 Å². The molecule has 384 valence electrons. The molecule has 2 fully saturated rings. The van der Waals surface area contributed by atoms with Gasteiger partial charge in [-0.05, 0) is 39.8 Å². The molecule has 2 N–H and O–H groups in total. The van der Waals surface area contributed by atoms with Crippen molar-refractivity contribution in [3.05, 3.63) is 202 Å². The third-order valence-corrected chi connectivity index (χ3v) is 12.5. The van der Waals surface area contributed by atoms with Crippen LogP contribution in [0.15, 0.2) is 169 Å². The van der Waals surface area contributed by atoms with Gasteiger partial charge in [-0.25, -0.2) is 0 Å². The summed E-state index contributed by atoms with van der Waals surface area (Å²) in [7, 11) is 0. The Morgan fingerprint density at radius 2 is 1.14 bits per heavy atom. The summed E-state index contributed by atoms with van der Waals surface area (Å²) in [6, 6.07) is 47.8. The molecule has 0 amide bonds. The third-order valence-electron chi connectivity index (χ3n) is 12.0. The van der Waals surface area contributed by atoms with E-state index in [2.05, 4.69) is 10.0 Å². The number of thiol groups is 1. The molecule has 16 heteroatoms. The zero-order valence-corrected chi connectivity index (χ0v) is 41.9. The predicted molar refractivity (Wildman–Crippen MR) is 273 cm³/mol. The molecule has 2 aliphatic rings. The van der Waals surface area contributed by atoms with Crippen LogP contribution in [0.25, 0.3) is 10.4 Å². The Morgan fingerprint density at radius 3 is 1.62 bits per heavy atom. The van der Waals surface area contributed by atoms with Crippen LogP contribution in [0.1, 0.15) is 55.0 Å². The van der Waals surface area contributed by atoms with Gasteiger partial charge in [0.25, 0.3) is 0 Å². The van der Waals surface area contributed by atoms with Gasteiger partial charge in [-0.15, -0.1) is 12.6 Å². The highest BCUT2D eigenvalue weighted by molar-refractivity contribution is 7.80. The number of hydrogen-bond donors (Lipinski definition) is 3. The number of hydrogen-bond acceptors (Lipinski definition) is 14. The number of nitrogens with zero attached hydrogens (tertiary/aromatic N) is 3. The topological polar surface area (TPSA) is 182 Å². The van der Waals surface area contributed by atoms with Crippen LogP contribution >= 0.6 is 12.6 Å². The van der Waals surface area contributed by atoms with Gasteiger partial charge < -0.3 is 57.6 Å². The molecule has 0 radical (unpaired) electrons. The van der Waals surface area contributed by atoms with Crippen molar-refractivity contribution in [1.82, 2.24) is 0 Å². The summed E-state index contributed by atoms with van der Waals surface area (Å²) < 4.78 is 64.9. The Kier molecular flexibility index (Phi) is 21.5. The molecule has 15 nitrogen and oxygen atoms in total. The Hall–Kier alpha value is -5.14. The smallest absolute Gasteiger partial charge is 0.202 e. The second-order valence-electron chi connectivity index (χ2n) is 18.1. The minimum Gasteiger partial charge on any atom is -0.465 e. The fraction of sp³-hybridized carbons (Fsp3) is 0.429. The Morgan fingerprint density at radius 1 is 0.667 bits per heavy atom. The predicted octanol–water partition coefficient (Wildman–Crippen LogP) is 9.61. The molecule has 5 aromatic rings. The first kappa shape index (κ1) is 54.6. The Bertz CT molecular complexity index is 2380. The summed E-state index contributed by atoms with van der Waals surface area (Å²) in [5.74, 6) is -2.18. The average Bonchev–Trinajstić information content (AvgIpc) is 3.51. The van der Waals surface area contributed by atoms with Crippen LogP contribution in [-0.4, -0.2) is 96.5 Å². The maximum Gasteiger partial charge on any atom is 0.202 e. The Balaban J connectivity index is 1.16. The third kappa shape index (κ3) is 17.0. The van der Waals surface area contributed by atoms with Crippen LogP contribution in [0.3, 0.4) is 0 Å². The van der Waals surface area contributed by atoms with Gasteiger partial charge in [0.05, 0.1) is 65.0 Å². The average molecular weight is 1010 g/mol. The zero-order valence-electron chi connectivity index (χ0n) is 41.0. The normalized spacial score (nSPS) is 24.6. The van der Waals surface area contributed by atoms with E-state index >= 15 is 0 Å². The van der Waals surface area contributed by atoms with Crippen LogP contribution in [0.5, 0.6) is 0 Å². The van der Waals surface area contributed by atoms with Crippen molar-refractivity contribution in [3.8, 4) is 0 Å². The maximum atomic E-state index is 12.0. The molecule has 5 aromatic carbocycles. The van der Waals surface area contributed by atoms with Crippen LogP contribution in [0.2, 0.25) is 0 Å². The second kappa shape index (κ2) is 28.3. The first-order valence-electron chi connectivity index (χ1n) is 24.4. The first-order chi connectivity index (χ1) is 35.1. The zero-order chi connectivity index (χ0) is 50.5. The fourth-order valence-corrected chi connectivity index (χ4v) is 8.79. The molecule has 0 saturated carbocycles. The lowest BCUT2D eigenvalue weighted by molar-refractivity contribution is -0.310. The molecule has 0 bridgehead atoms. The number of ether oxygens (including phenoxy) is 10. The van der Waals surface area contributed by atoms with E-state index in [1.165, 1.54) is 19.9 Å². The second-order valence-corrected chi connectivity index (χ2v) is 18.7. The van der Waals surface area contributed by atoms with Gasteiger partial charge in [0.1, 0.15) is 41.7 Å². The van der Waals surface area contributed by atoms with Crippen LogP contribution in [0.4, 0.5) is 0 Å². The number of rotatable bonds is 26. The molecule has 2 saturated heterocycles. The van der Waals surface area contributed by atoms with Gasteiger partial charge in [0, 0.05) is 30.8 Å². The van der Waals surface area contributed by atoms with Crippen molar-refractivity contribution in [2.75, 3.05) is 19.8 Å². The largest absolute Gasteiger partial charge is 0.465 e. The summed E-state index contributed by atoms with van der Waals surface area (Å²) in [6.45, 7) is 6.36.